The fourth-order valence-corrected chi connectivity index (χ4v) is 1.86. The maximum absolute atomic E-state index is 11.8. The largest absolute Gasteiger partial charge is 0.462 e. The molecule has 0 unspecified atom stereocenters. The van der Waals surface area contributed by atoms with Crippen molar-refractivity contribution >= 4 is 11.7 Å². The van der Waals surface area contributed by atoms with E-state index >= 15 is 0 Å². The molecule has 2 rings (SSSR count). The lowest BCUT2D eigenvalue weighted by Gasteiger charge is -2.34. The molecule has 18 heavy (non-hydrogen) atoms. The van der Waals surface area contributed by atoms with Crippen LogP contribution >= 0.6 is 0 Å². The molecule has 1 saturated heterocycles. The molecule has 0 aliphatic carbocycles. The van der Waals surface area contributed by atoms with Gasteiger partial charge in [0.15, 0.2) is 12.6 Å². The first-order valence-electron chi connectivity index (χ1n) is 5.91. The van der Waals surface area contributed by atoms with Crippen molar-refractivity contribution in [1.82, 2.24) is 0 Å². The van der Waals surface area contributed by atoms with E-state index in [-0.39, 0.29) is 6.29 Å². The summed E-state index contributed by atoms with van der Waals surface area (Å²) in [5, 5.41) is 0. The van der Waals surface area contributed by atoms with Crippen LogP contribution in [0.25, 0.3) is 0 Å². The molecule has 5 nitrogen and oxygen atoms in total. The fraction of sp³-hybridized carbons (Fsp3) is 0.462. The number of ether oxygens (including phenoxy) is 3. The van der Waals surface area contributed by atoms with Crippen molar-refractivity contribution in [2.24, 2.45) is 0 Å². The second-order valence-corrected chi connectivity index (χ2v) is 4.19. The predicted molar refractivity (Wildman–Crippen MR) is 65.9 cm³/mol. The van der Waals surface area contributed by atoms with Crippen LogP contribution in [0.5, 0.6) is 0 Å². The van der Waals surface area contributed by atoms with Crippen LogP contribution < -0.4 is 5.73 Å². The number of anilines is 1. The Morgan fingerprint density at radius 1 is 1.44 bits per heavy atom. The topological polar surface area (TPSA) is 70.8 Å². The van der Waals surface area contributed by atoms with E-state index in [1.165, 1.54) is 0 Å². The summed E-state index contributed by atoms with van der Waals surface area (Å²) in [7, 11) is 0. The van der Waals surface area contributed by atoms with Crippen LogP contribution in [-0.2, 0) is 14.2 Å². The number of nitrogens with two attached hydrogens (primary N) is 1. The van der Waals surface area contributed by atoms with Gasteiger partial charge in [-0.05, 0) is 38.5 Å². The van der Waals surface area contributed by atoms with E-state index in [0.29, 0.717) is 17.9 Å². The molecule has 0 radical (unpaired) electrons. The maximum atomic E-state index is 11.8. The van der Waals surface area contributed by atoms with Gasteiger partial charge in [-0.1, -0.05) is 0 Å². The standard InChI is InChI=1S/C13H17NO4/c1-4-16-12(15)10-6-9(5-7(2)11(10)14)13-17-8(3)18-13/h5-6,8,13H,4,14H2,1-3H3. The van der Waals surface area contributed by atoms with Crippen molar-refractivity contribution in [2.75, 3.05) is 12.3 Å². The van der Waals surface area contributed by atoms with Crippen LogP contribution in [-0.4, -0.2) is 18.9 Å². The SMILES string of the molecule is CCOC(=O)c1cc(C2OC(C)O2)cc(C)c1N. The zero-order valence-corrected chi connectivity index (χ0v) is 10.7. The highest BCUT2D eigenvalue weighted by molar-refractivity contribution is 5.96. The molecule has 0 aromatic heterocycles. The molecule has 0 amide bonds. The monoisotopic (exact) mass is 251 g/mol. The van der Waals surface area contributed by atoms with E-state index in [4.69, 9.17) is 19.9 Å². The summed E-state index contributed by atoms with van der Waals surface area (Å²) >= 11 is 0. The average Bonchev–Trinajstić information content (AvgIpc) is 2.29. The molecule has 0 saturated carbocycles. The van der Waals surface area contributed by atoms with Gasteiger partial charge in [-0.15, -0.1) is 0 Å². The molecule has 1 heterocycles. The Hall–Kier alpha value is -1.59. The van der Waals surface area contributed by atoms with Crippen molar-refractivity contribution in [2.45, 2.75) is 33.4 Å². The van der Waals surface area contributed by atoms with Crippen LogP contribution in [0.15, 0.2) is 12.1 Å². The van der Waals surface area contributed by atoms with Crippen molar-refractivity contribution in [3.8, 4) is 0 Å². The smallest absolute Gasteiger partial charge is 0.340 e. The number of aryl methyl sites for hydroxylation is 1. The summed E-state index contributed by atoms with van der Waals surface area (Å²) in [5.41, 5.74) is 8.27. The minimum atomic E-state index is -0.424. The van der Waals surface area contributed by atoms with Crippen LogP contribution in [0.2, 0.25) is 0 Å². The van der Waals surface area contributed by atoms with Crippen molar-refractivity contribution in [3.63, 3.8) is 0 Å². The average molecular weight is 251 g/mol. The number of benzene rings is 1. The first kappa shape index (κ1) is 12.9. The summed E-state index contributed by atoms with van der Waals surface area (Å²) in [4.78, 5) is 11.8. The summed E-state index contributed by atoms with van der Waals surface area (Å²) in [6, 6.07) is 3.52. The Morgan fingerprint density at radius 2 is 2.11 bits per heavy atom. The molecule has 98 valence electrons. The lowest BCUT2D eigenvalue weighted by molar-refractivity contribution is -0.382. The molecule has 1 aromatic carbocycles. The van der Waals surface area contributed by atoms with E-state index in [9.17, 15) is 4.79 Å². The van der Waals surface area contributed by atoms with E-state index in [1.807, 2.05) is 19.9 Å². The highest BCUT2D eigenvalue weighted by Crippen LogP contribution is 2.34. The van der Waals surface area contributed by atoms with Gasteiger partial charge in [0.25, 0.3) is 0 Å². The summed E-state index contributed by atoms with van der Waals surface area (Å²) < 4.78 is 15.8. The number of nitrogen functional groups attached to an aromatic ring is 1. The summed E-state index contributed by atoms with van der Waals surface area (Å²) in [5.74, 6) is -0.424. The van der Waals surface area contributed by atoms with Crippen molar-refractivity contribution < 1.29 is 19.0 Å². The van der Waals surface area contributed by atoms with Crippen LogP contribution in [0.3, 0.4) is 0 Å². The molecule has 1 aliphatic heterocycles. The zero-order valence-electron chi connectivity index (χ0n) is 10.7. The first-order valence-corrected chi connectivity index (χ1v) is 5.91. The number of hydrogen-bond donors (Lipinski definition) is 1. The second kappa shape index (κ2) is 4.96. The van der Waals surface area contributed by atoms with E-state index in [1.54, 1.807) is 13.0 Å². The third-order valence-corrected chi connectivity index (χ3v) is 2.81. The molecule has 0 atom stereocenters. The molecule has 0 spiro atoms. The third-order valence-electron chi connectivity index (χ3n) is 2.81. The Bertz CT molecular complexity index is 466. The molecule has 1 aliphatic rings. The van der Waals surface area contributed by atoms with Crippen LogP contribution in [0, 0.1) is 6.92 Å². The second-order valence-electron chi connectivity index (χ2n) is 4.19. The lowest BCUT2D eigenvalue weighted by atomic mass is 10.0. The Kier molecular flexibility index (Phi) is 3.54. The molecular weight excluding hydrogens is 234 g/mol. The molecule has 1 aromatic rings. The predicted octanol–water partition coefficient (Wildman–Crippen LogP) is 2.15. The van der Waals surface area contributed by atoms with Gasteiger partial charge in [0.2, 0.25) is 0 Å². The molecular formula is C13H17NO4. The normalized spacial score (nSPS) is 22.4. The number of rotatable bonds is 3. The van der Waals surface area contributed by atoms with Gasteiger partial charge in [0.05, 0.1) is 12.2 Å². The van der Waals surface area contributed by atoms with Gasteiger partial charge < -0.3 is 19.9 Å². The third kappa shape index (κ3) is 2.32. The summed E-state index contributed by atoms with van der Waals surface area (Å²) in [6.07, 6.45) is -0.633. The van der Waals surface area contributed by atoms with E-state index in [2.05, 4.69) is 0 Å². The highest BCUT2D eigenvalue weighted by Gasteiger charge is 2.30. The van der Waals surface area contributed by atoms with Gasteiger partial charge in [-0.2, -0.15) is 0 Å². The van der Waals surface area contributed by atoms with Crippen LogP contribution in [0.1, 0.15) is 41.6 Å². The number of hydrogen-bond acceptors (Lipinski definition) is 5. The van der Waals surface area contributed by atoms with E-state index in [0.717, 1.165) is 11.1 Å². The zero-order chi connectivity index (χ0) is 13.3. The maximum Gasteiger partial charge on any atom is 0.340 e. The minimum absolute atomic E-state index is 0.209. The Balaban J connectivity index is 2.31. The summed E-state index contributed by atoms with van der Waals surface area (Å²) in [6.45, 7) is 5.72. The number of carbonyl (C=O) groups is 1. The Labute approximate surface area is 106 Å². The van der Waals surface area contributed by atoms with Gasteiger partial charge in [-0.25, -0.2) is 4.79 Å². The molecule has 5 heteroatoms. The molecule has 2 N–H and O–H groups in total. The lowest BCUT2D eigenvalue weighted by Crippen LogP contribution is -2.31. The van der Waals surface area contributed by atoms with Gasteiger partial charge in [0, 0.05) is 11.3 Å². The first-order chi connectivity index (χ1) is 8.52. The number of esters is 1. The molecule has 1 fully saturated rings. The Morgan fingerprint density at radius 3 is 2.67 bits per heavy atom. The van der Waals surface area contributed by atoms with E-state index < -0.39 is 12.3 Å². The minimum Gasteiger partial charge on any atom is -0.462 e. The van der Waals surface area contributed by atoms with Crippen LogP contribution in [0.4, 0.5) is 5.69 Å². The highest BCUT2D eigenvalue weighted by atomic mass is 16.9. The fourth-order valence-electron chi connectivity index (χ4n) is 1.86. The van der Waals surface area contributed by atoms with Gasteiger partial charge in [-0.3, -0.25) is 0 Å². The number of carbonyl (C=O) groups excluding carboxylic acids is 1. The van der Waals surface area contributed by atoms with Crippen molar-refractivity contribution in [1.29, 1.82) is 0 Å². The molecule has 0 bridgehead atoms. The van der Waals surface area contributed by atoms with Gasteiger partial charge in [0.1, 0.15) is 0 Å². The van der Waals surface area contributed by atoms with Crippen molar-refractivity contribution in [3.05, 3.63) is 28.8 Å². The van der Waals surface area contributed by atoms with Gasteiger partial charge >= 0.3 is 5.97 Å². The quantitative estimate of drug-likeness (QED) is 0.658.